The molecule has 1 unspecified atom stereocenters. The molecule has 0 spiro atoms. The van der Waals surface area contributed by atoms with Crippen molar-refractivity contribution in [3.05, 3.63) is 56.1 Å². The van der Waals surface area contributed by atoms with E-state index in [0.717, 1.165) is 4.57 Å². The second-order valence-electron chi connectivity index (χ2n) is 4.61. The number of hydrogen-bond donors (Lipinski definition) is 1. The van der Waals surface area contributed by atoms with Gasteiger partial charge in [-0.3, -0.25) is 14.3 Å². The Balaban J connectivity index is 2.71. The van der Waals surface area contributed by atoms with E-state index in [0.29, 0.717) is 11.3 Å². The zero-order valence-corrected chi connectivity index (χ0v) is 13.1. The van der Waals surface area contributed by atoms with Gasteiger partial charge in [-0.2, -0.15) is 11.8 Å². The van der Waals surface area contributed by atoms with Crippen molar-refractivity contribution in [3.63, 3.8) is 0 Å². The molecule has 1 heterocycles. The molecule has 1 aromatic carbocycles. The number of hydrogen-bond acceptors (Lipinski definition) is 3. The molecule has 1 N–H and O–H groups in total. The highest BCUT2D eigenvalue weighted by atomic mass is 35.5. The molecule has 0 fully saturated rings. The van der Waals surface area contributed by atoms with E-state index in [-0.39, 0.29) is 16.8 Å². The van der Waals surface area contributed by atoms with Gasteiger partial charge in [0, 0.05) is 11.8 Å². The number of aromatic amines is 1. The molecule has 1 aromatic heterocycles. The zero-order valence-electron chi connectivity index (χ0n) is 11.5. The van der Waals surface area contributed by atoms with E-state index >= 15 is 0 Å². The summed E-state index contributed by atoms with van der Waals surface area (Å²) in [5.41, 5.74) is -0.641. The van der Waals surface area contributed by atoms with Crippen LogP contribution in [0.4, 0.5) is 4.39 Å². The van der Waals surface area contributed by atoms with Gasteiger partial charge in [0.05, 0.1) is 5.56 Å². The Bertz CT molecular complexity index is 772. The number of thioether (sulfide) groups is 1. The molecule has 0 bridgehead atoms. The number of H-pyrrole nitrogens is 1. The molecule has 0 aliphatic carbocycles. The van der Waals surface area contributed by atoms with Crippen LogP contribution in [0.1, 0.15) is 13.0 Å². The van der Waals surface area contributed by atoms with Gasteiger partial charge in [-0.15, -0.1) is 0 Å². The first kappa shape index (κ1) is 15.9. The van der Waals surface area contributed by atoms with Crippen molar-refractivity contribution in [1.82, 2.24) is 9.55 Å². The lowest BCUT2D eigenvalue weighted by Gasteiger charge is -2.14. The van der Waals surface area contributed by atoms with E-state index in [1.807, 2.05) is 6.26 Å². The van der Waals surface area contributed by atoms with Crippen LogP contribution < -0.4 is 11.2 Å². The lowest BCUT2D eigenvalue weighted by atomic mass is 10.1. The molecule has 0 aliphatic rings. The van der Waals surface area contributed by atoms with Crippen LogP contribution in [0.3, 0.4) is 0 Å². The topological polar surface area (TPSA) is 54.9 Å². The molecule has 21 heavy (non-hydrogen) atoms. The van der Waals surface area contributed by atoms with E-state index in [1.165, 1.54) is 30.0 Å². The van der Waals surface area contributed by atoms with Crippen molar-refractivity contribution in [2.75, 3.05) is 12.0 Å². The fraction of sp³-hybridized carbons (Fsp3) is 0.286. The summed E-state index contributed by atoms with van der Waals surface area (Å²) in [6.07, 6.45) is 1.89. The van der Waals surface area contributed by atoms with E-state index in [9.17, 15) is 14.0 Å². The van der Waals surface area contributed by atoms with Crippen molar-refractivity contribution < 1.29 is 4.39 Å². The summed E-state index contributed by atoms with van der Waals surface area (Å²) in [5.74, 6) is 0.130. The Morgan fingerprint density at radius 3 is 2.76 bits per heavy atom. The number of nitrogens with zero attached hydrogens (tertiary/aromatic N) is 1. The molecule has 112 valence electrons. The molecule has 4 nitrogen and oxygen atoms in total. The molecule has 0 saturated carbocycles. The Hall–Kier alpha value is -1.53. The van der Waals surface area contributed by atoms with Crippen molar-refractivity contribution in [1.29, 1.82) is 0 Å². The average molecular weight is 329 g/mol. The van der Waals surface area contributed by atoms with Gasteiger partial charge in [-0.25, -0.2) is 9.18 Å². The van der Waals surface area contributed by atoms with Crippen molar-refractivity contribution in [3.8, 4) is 11.1 Å². The number of halogens is 2. The smallest absolute Gasteiger partial charge is 0.297 e. The highest BCUT2D eigenvalue weighted by Crippen LogP contribution is 2.22. The zero-order chi connectivity index (χ0) is 15.6. The van der Waals surface area contributed by atoms with Gasteiger partial charge in [0.2, 0.25) is 0 Å². The molecule has 0 amide bonds. The second kappa shape index (κ2) is 6.49. The highest BCUT2D eigenvalue weighted by molar-refractivity contribution is 7.98. The fourth-order valence-electron chi connectivity index (χ4n) is 2.13. The van der Waals surface area contributed by atoms with Crippen molar-refractivity contribution in [2.24, 2.45) is 0 Å². The summed E-state index contributed by atoms with van der Waals surface area (Å²) >= 11 is 7.50. The minimum absolute atomic E-state index is 0.0804. The minimum atomic E-state index is -0.563. The number of benzene rings is 1. The molecular formula is C14H14ClFN2O2S. The highest BCUT2D eigenvalue weighted by Gasteiger charge is 2.18. The predicted octanol–water partition coefficient (Wildman–Crippen LogP) is 2.92. The molecule has 0 saturated heterocycles. The SMILES string of the molecule is CSCC(C)n1c(=O)[nH]c(Cl)c(-c2cccc(F)c2)c1=O. The molecular weight excluding hydrogens is 315 g/mol. The molecule has 7 heteroatoms. The van der Waals surface area contributed by atoms with Gasteiger partial charge in [-0.05, 0) is 30.9 Å². The Morgan fingerprint density at radius 2 is 2.14 bits per heavy atom. The van der Waals surface area contributed by atoms with Crippen LogP contribution in [-0.4, -0.2) is 21.6 Å². The Morgan fingerprint density at radius 1 is 1.43 bits per heavy atom. The molecule has 1 atom stereocenters. The summed E-state index contributed by atoms with van der Waals surface area (Å²) in [7, 11) is 0. The molecule has 0 radical (unpaired) electrons. The normalized spacial score (nSPS) is 12.4. The maximum Gasteiger partial charge on any atom is 0.329 e. The van der Waals surface area contributed by atoms with Gasteiger partial charge in [-0.1, -0.05) is 23.7 Å². The summed E-state index contributed by atoms with van der Waals surface area (Å²) < 4.78 is 14.5. The van der Waals surface area contributed by atoms with Crippen molar-refractivity contribution in [2.45, 2.75) is 13.0 Å². The van der Waals surface area contributed by atoms with E-state index in [4.69, 9.17) is 11.6 Å². The Labute approximate surface area is 130 Å². The second-order valence-corrected chi connectivity index (χ2v) is 5.90. The maximum absolute atomic E-state index is 13.3. The largest absolute Gasteiger partial charge is 0.329 e. The van der Waals surface area contributed by atoms with Gasteiger partial charge < -0.3 is 0 Å². The quantitative estimate of drug-likeness (QED) is 0.878. The van der Waals surface area contributed by atoms with Crippen LogP contribution in [-0.2, 0) is 0 Å². The first-order valence-electron chi connectivity index (χ1n) is 6.25. The van der Waals surface area contributed by atoms with Gasteiger partial charge in [0.1, 0.15) is 11.0 Å². The summed E-state index contributed by atoms with van der Waals surface area (Å²) in [4.78, 5) is 27.0. The maximum atomic E-state index is 13.3. The van der Waals surface area contributed by atoms with Crippen LogP contribution in [0.5, 0.6) is 0 Å². The lowest BCUT2D eigenvalue weighted by molar-refractivity contribution is 0.555. The van der Waals surface area contributed by atoms with E-state index in [2.05, 4.69) is 4.98 Å². The standard InChI is InChI=1S/C14H14ClFN2O2S/c1-8(7-21-2)18-13(19)11(12(15)17-14(18)20)9-4-3-5-10(16)6-9/h3-6,8H,7H2,1-2H3,(H,17,20). The monoisotopic (exact) mass is 328 g/mol. The Kier molecular flexibility index (Phi) is 4.90. The number of aromatic nitrogens is 2. The van der Waals surface area contributed by atoms with Crippen LogP contribution in [0.2, 0.25) is 5.15 Å². The van der Waals surface area contributed by atoms with Gasteiger partial charge in [0.25, 0.3) is 5.56 Å². The van der Waals surface area contributed by atoms with Crippen LogP contribution >= 0.6 is 23.4 Å². The third-order valence-corrected chi connectivity index (χ3v) is 4.15. The summed E-state index contributed by atoms with van der Waals surface area (Å²) in [6.45, 7) is 1.77. The van der Waals surface area contributed by atoms with Crippen LogP contribution in [0.25, 0.3) is 11.1 Å². The van der Waals surface area contributed by atoms with E-state index < -0.39 is 17.1 Å². The summed E-state index contributed by atoms with van der Waals surface area (Å²) in [6, 6.07) is 5.26. The minimum Gasteiger partial charge on any atom is -0.297 e. The van der Waals surface area contributed by atoms with Gasteiger partial charge >= 0.3 is 5.69 Å². The van der Waals surface area contributed by atoms with E-state index in [1.54, 1.807) is 13.0 Å². The average Bonchev–Trinajstić information content (AvgIpc) is 2.38. The number of nitrogens with one attached hydrogen (secondary N) is 1. The number of rotatable bonds is 4. The van der Waals surface area contributed by atoms with Crippen LogP contribution in [0.15, 0.2) is 33.9 Å². The molecule has 0 aliphatic heterocycles. The molecule has 2 rings (SSSR count). The first-order chi connectivity index (χ1) is 9.95. The van der Waals surface area contributed by atoms with Crippen molar-refractivity contribution >= 4 is 23.4 Å². The fourth-order valence-corrected chi connectivity index (χ4v) is 3.04. The predicted molar refractivity (Wildman–Crippen MR) is 84.8 cm³/mol. The third kappa shape index (κ3) is 3.22. The first-order valence-corrected chi connectivity index (χ1v) is 8.02. The van der Waals surface area contributed by atoms with Crippen LogP contribution in [0, 0.1) is 5.82 Å². The molecule has 2 aromatic rings. The third-order valence-electron chi connectivity index (χ3n) is 3.05. The summed E-state index contributed by atoms with van der Waals surface area (Å²) in [5, 5.41) is -0.0804. The van der Waals surface area contributed by atoms with Gasteiger partial charge in [0.15, 0.2) is 0 Å². The lowest BCUT2D eigenvalue weighted by Crippen LogP contribution is -2.39.